The average Bonchev–Trinajstić information content (AvgIpc) is 2.84. The zero-order valence-corrected chi connectivity index (χ0v) is 10.5. The van der Waals surface area contributed by atoms with Gasteiger partial charge in [-0.1, -0.05) is 33.1 Å². The van der Waals surface area contributed by atoms with Crippen molar-refractivity contribution in [2.24, 2.45) is 17.1 Å². The molecule has 3 heteroatoms. The Morgan fingerprint density at radius 2 is 1.88 bits per heavy atom. The molecule has 0 saturated heterocycles. The van der Waals surface area contributed by atoms with Crippen molar-refractivity contribution in [2.75, 3.05) is 0 Å². The van der Waals surface area contributed by atoms with Crippen molar-refractivity contribution >= 4 is 5.91 Å². The maximum Gasteiger partial charge on any atom is 0.224 e. The molecule has 3 N–H and O–H groups in total. The maximum atomic E-state index is 12.1. The van der Waals surface area contributed by atoms with E-state index in [1.165, 1.54) is 12.8 Å². The van der Waals surface area contributed by atoms with Gasteiger partial charge in [0.05, 0.1) is 5.92 Å². The molecule has 0 spiro atoms. The number of nitrogens with one attached hydrogen (secondary N) is 1. The van der Waals surface area contributed by atoms with Gasteiger partial charge < -0.3 is 11.1 Å². The molecule has 0 bridgehead atoms. The summed E-state index contributed by atoms with van der Waals surface area (Å²) in [4.78, 5) is 12.1. The van der Waals surface area contributed by atoms with Crippen LogP contribution in [0.2, 0.25) is 0 Å². The highest BCUT2D eigenvalue weighted by molar-refractivity contribution is 5.80. The minimum Gasteiger partial charge on any atom is -0.353 e. The molecule has 2 fully saturated rings. The van der Waals surface area contributed by atoms with Gasteiger partial charge in [-0.2, -0.15) is 0 Å². The monoisotopic (exact) mass is 224 g/mol. The Morgan fingerprint density at radius 1 is 1.25 bits per heavy atom. The normalized spacial score (nSPS) is 37.6. The van der Waals surface area contributed by atoms with Crippen LogP contribution in [0.3, 0.4) is 0 Å². The molecule has 2 rings (SSSR count). The SMILES string of the molecule is CC1(C)CC1NC(=O)C1CCCCCC1N. The van der Waals surface area contributed by atoms with Gasteiger partial charge in [-0.3, -0.25) is 4.79 Å². The summed E-state index contributed by atoms with van der Waals surface area (Å²) in [7, 11) is 0. The van der Waals surface area contributed by atoms with Crippen LogP contribution in [0.5, 0.6) is 0 Å². The highest BCUT2D eigenvalue weighted by atomic mass is 16.2. The summed E-state index contributed by atoms with van der Waals surface area (Å²) in [6.45, 7) is 4.40. The van der Waals surface area contributed by atoms with Gasteiger partial charge in [0.2, 0.25) is 5.91 Å². The number of amides is 1. The molecule has 16 heavy (non-hydrogen) atoms. The Labute approximate surface area is 98.2 Å². The number of carbonyl (C=O) groups is 1. The Balaban J connectivity index is 1.87. The van der Waals surface area contributed by atoms with Gasteiger partial charge in [0.25, 0.3) is 0 Å². The number of rotatable bonds is 2. The van der Waals surface area contributed by atoms with Crippen LogP contribution in [0.4, 0.5) is 0 Å². The largest absolute Gasteiger partial charge is 0.353 e. The lowest BCUT2D eigenvalue weighted by Gasteiger charge is -2.21. The Morgan fingerprint density at radius 3 is 2.50 bits per heavy atom. The predicted octanol–water partition coefficient (Wildman–Crippen LogP) is 1.81. The highest BCUT2D eigenvalue weighted by Gasteiger charge is 2.47. The van der Waals surface area contributed by atoms with Crippen molar-refractivity contribution in [2.45, 2.75) is 64.5 Å². The van der Waals surface area contributed by atoms with E-state index >= 15 is 0 Å². The lowest BCUT2D eigenvalue weighted by atomic mass is 9.94. The van der Waals surface area contributed by atoms with Crippen LogP contribution in [-0.2, 0) is 4.79 Å². The molecule has 0 aromatic rings. The van der Waals surface area contributed by atoms with Crippen molar-refractivity contribution in [3.8, 4) is 0 Å². The van der Waals surface area contributed by atoms with E-state index in [2.05, 4.69) is 19.2 Å². The van der Waals surface area contributed by atoms with Crippen molar-refractivity contribution in [1.29, 1.82) is 0 Å². The molecule has 0 aromatic carbocycles. The smallest absolute Gasteiger partial charge is 0.224 e. The molecule has 2 aliphatic carbocycles. The van der Waals surface area contributed by atoms with Crippen LogP contribution in [0.15, 0.2) is 0 Å². The Bertz CT molecular complexity index is 275. The van der Waals surface area contributed by atoms with Crippen LogP contribution in [0.1, 0.15) is 52.4 Å². The summed E-state index contributed by atoms with van der Waals surface area (Å²) in [6.07, 6.45) is 6.65. The van der Waals surface area contributed by atoms with Gasteiger partial charge in [0.15, 0.2) is 0 Å². The Hall–Kier alpha value is -0.570. The lowest BCUT2D eigenvalue weighted by molar-refractivity contribution is -0.126. The van der Waals surface area contributed by atoms with Gasteiger partial charge in [-0.25, -0.2) is 0 Å². The quantitative estimate of drug-likeness (QED) is 0.703. The fourth-order valence-corrected chi connectivity index (χ4v) is 2.65. The summed E-state index contributed by atoms with van der Waals surface area (Å²) in [5.74, 6) is 0.254. The molecule has 0 radical (unpaired) electrons. The zero-order valence-electron chi connectivity index (χ0n) is 10.5. The van der Waals surface area contributed by atoms with E-state index in [4.69, 9.17) is 5.73 Å². The summed E-state index contributed by atoms with van der Waals surface area (Å²) in [5.41, 5.74) is 6.39. The van der Waals surface area contributed by atoms with Gasteiger partial charge in [-0.15, -0.1) is 0 Å². The topological polar surface area (TPSA) is 55.1 Å². The minimum atomic E-state index is 0.0545. The Kier molecular flexibility index (Phi) is 3.24. The molecule has 3 unspecified atom stereocenters. The molecular formula is C13H24N2O. The van der Waals surface area contributed by atoms with Crippen molar-refractivity contribution < 1.29 is 4.79 Å². The first kappa shape index (κ1) is 11.9. The fourth-order valence-electron chi connectivity index (χ4n) is 2.65. The second kappa shape index (κ2) is 4.36. The molecule has 2 saturated carbocycles. The molecule has 92 valence electrons. The summed E-state index contributed by atoms with van der Waals surface area (Å²) >= 11 is 0. The van der Waals surface area contributed by atoms with Gasteiger partial charge >= 0.3 is 0 Å². The van der Waals surface area contributed by atoms with E-state index in [0.29, 0.717) is 11.5 Å². The van der Waals surface area contributed by atoms with E-state index in [9.17, 15) is 4.79 Å². The number of carbonyl (C=O) groups excluding carboxylic acids is 1. The van der Waals surface area contributed by atoms with Gasteiger partial charge in [-0.05, 0) is 24.7 Å². The van der Waals surface area contributed by atoms with Crippen LogP contribution < -0.4 is 11.1 Å². The van der Waals surface area contributed by atoms with E-state index in [1.54, 1.807) is 0 Å². The third kappa shape index (κ3) is 2.57. The van der Waals surface area contributed by atoms with Crippen molar-refractivity contribution in [3.63, 3.8) is 0 Å². The second-order valence-corrected chi connectivity index (χ2v) is 6.16. The van der Waals surface area contributed by atoms with Crippen LogP contribution in [-0.4, -0.2) is 18.0 Å². The first-order valence-corrected chi connectivity index (χ1v) is 6.57. The lowest BCUT2D eigenvalue weighted by Crippen LogP contribution is -2.42. The average molecular weight is 224 g/mol. The molecule has 0 aromatic heterocycles. The fraction of sp³-hybridized carbons (Fsp3) is 0.923. The van der Waals surface area contributed by atoms with Crippen molar-refractivity contribution in [3.05, 3.63) is 0 Å². The van der Waals surface area contributed by atoms with Crippen LogP contribution >= 0.6 is 0 Å². The van der Waals surface area contributed by atoms with Gasteiger partial charge in [0, 0.05) is 12.1 Å². The van der Waals surface area contributed by atoms with Gasteiger partial charge in [0.1, 0.15) is 0 Å². The summed E-state index contributed by atoms with van der Waals surface area (Å²) < 4.78 is 0. The van der Waals surface area contributed by atoms with E-state index in [1.807, 2.05) is 0 Å². The molecule has 2 aliphatic rings. The third-order valence-corrected chi connectivity index (χ3v) is 4.24. The second-order valence-electron chi connectivity index (χ2n) is 6.16. The number of hydrogen-bond acceptors (Lipinski definition) is 2. The summed E-state index contributed by atoms with van der Waals surface area (Å²) in [6, 6.07) is 0.458. The minimum absolute atomic E-state index is 0.0545. The van der Waals surface area contributed by atoms with Crippen LogP contribution in [0, 0.1) is 11.3 Å². The zero-order chi connectivity index (χ0) is 11.8. The molecular weight excluding hydrogens is 200 g/mol. The van der Waals surface area contributed by atoms with E-state index in [0.717, 1.165) is 25.7 Å². The number of hydrogen-bond donors (Lipinski definition) is 2. The predicted molar refractivity (Wildman–Crippen MR) is 64.9 cm³/mol. The van der Waals surface area contributed by atoms with E-state index < -0.39 is 0 Å². The summed E-state index contributed by atoms with van der Waals surface area (Å²) in [5, 5.41) is 3.15. The first-order chi connectivity index (χ1) is 7.50. The third-order valence-electron chi connectivity index (χ3n) is 4.24. The molecule has 0 aliphatic heterocycles. The standard InChI is InChI=1S/C13H24N2O/c1-13(2)8-11(13)15-12(16)9-6-4-3-5-7-10(9)14/h9-11H,3-8,14H2,1-2H3,(H,15,16). The molecule has 3 atom stereocenters. The molecule has 1 amide bonds. The number of nitrogens with two attached hydrogens (primary N) is 1. The maximum absolute atomic E-state index is 12.1. The highest BCUT2D eigenvalue weighted by Crippen LogP contribution is 2.44. The molecule has 0 heterocycles. The first-order valence-electron chi connectivity index (χ1n) is 6.57. The van der Waals surface area contributed by atoms with Crippen molar-refractivity contribution in [1.82, 2.24) is 5.32 Å². The molecule has 3 nitrogen and oxygen atoms in total. The van der Waals surface area contributed by atoms with E-state index in [-0.39, 0.29) is 17.9 Å². The van der Waals surface area contributed by atoms with Crippen LogP contribution in [0.25, 0.3) is 0 Å².